The molecule has 5 rings (SSSR count). The van der Waals surface area contributed by atoms with Gasteiger partial charge in [0, 0.05) is 24.2 Å². The van der Waals surface area contributed by atoms with Gasteiger partial charge in [-0.1, -0.05) is 86.6 Å². The molecule has 266 valence electrons. The molecule has 2 amide bonds. The molecule has 0 unspecified atom stereocenters. The van der Waals surface area contributed by atoms with E-state index in [4.69, 9.17) is 20.9 Å². The quantitative estimate of drug-likeness (QED) is 0.0499. The summed E-state index contributed by atoms with van der Waals surface area (Å²) < 4.78 is 26.0. The zero-order chi connectivity index (χ0) is 36.2. The maximum Gasteiger partial charge on any atom is 0.258 e. The first-order valence-electron chi connectivity index (χ1n) is 17.4. The van der Waals surface area contributed by atoms with Gasteiger partial charge in [-0.2, -0.15) is 0 Å². The Balaban J connectivity index is 1.38. The van der Waals surface area contributed by atoms with E-state index >= 15 is 0 Å². The Morgan fingerprint density at radius 2 is 1.39 bits per heavy atom. The Kier molecular flexibility index (Phi) is 12.8. The molecule has 0 aliphatic carbocycles. The summed E-state index contributed by atoms with van der Waals surface area (Å²) in [5.41, 5.74) is 13.5. The zero-order valence-electron chi connectivity index (χ0n) is 29.2. The lowest BCUT2D eigenvalue weighted by molar-refractivity contribution is -0.130. The number of rotatable bonds is 17. The Morgan fingerprint density at radius 3 is 2.00 bits per heavy atom. The highest BCUT2D eigenvalue weighted by Crippen LogP contribution is 2.45. The van der Waals surface area contributed by atoms with Crippen molar-refractivity contribution < 1.29 is 23.5 Å². The summed E-state index contributed by atoms with van der Waals surface area (Å²) in [6, 6.07) is 29.3. The van der Waals surface area contributed by atoms with Gasteiger partial charge in [0.1, 0.15) is 23.4 Å². The molecule has 0 aliphatic heterocycles. The fourth-order valence-electron chi connectivity index (χ4n) is 5.92. The maximum atomic E-state index is 13.5. The van der Waals surface area contributed by atoms with Crippen LogP contribution in [0.15, 0.2) is 102 Å². The van der Waals surface area contributed by atoms with E-state index in [9.17, 15) is 14.0 Å². The van der Waals surface area contributed by atoms with Crippen molar-refractivity contribution in [3.63, 3.8) is 0 Å². The van der Waals surface area contributed by atoms with E-state index in [1.54, 1.807) is 12.1 Å². The average Bonchev–Trinajstić information content (AvgIpc) is 3.12. The van der Waals surface area contributed by atoms with Crippen molar-refractivity contribution in [2.45, 2.75) is 45.6 Å². The number of carbonyl (C=O) groups excluding carboxylic acids is 2. The van der Waals surface area contributed by atoms with Crippen LogP contribution in [0.25, 0.3) is 32.7 Å². The van der Waals surface area contributed by atoms with Crippen molar-refractivity contribution in [2.24, 2.45) is 22.4 Å². The molecule has 0 saturated carbocycles. The van der Waals surface area contributed by atoms with Gasteiger partial charge >= 0.3 is 0 Å². The number of nitrogens with one attached hydrogen (secondary N) is 2. The van der Waals surface area contributed by atoms with Crippen LogP contribution in [0.1, 0.15) is 38.7 Å². The van der Waals surface area contributed by atoms with E-state index in [2.05, 4.69) is 47.7 Å². The van der Waals surface area contributed by atoms with Crippen LogP contribution < -0.4 is 31.6 Å². The number of aliphatic imine (C=N–C) groups is 1. The highest BCUT2D eigenvalue weighted by molar-refractivity contribution is 6.09. The van der Waals surface area contributed by atoms with Crippen LogP contribution in [-0.2, 0) is 16.0 Å². The average molecular weight is 692 g/mol. The minimum Gasteiger partial charge on any atom is -0.493 e. The number of ether oxygens (including phenoxy) is 2. The summed E-state index contributed by atoms with van der Waals surface area (Å²) in [5, 5.41) is 9.76. The molecule has 5 aromatic rings. The van der Waals surface area contributed by atoms with Crippen LogP contribution >= 0.6 is 0 Å². The first-order chi connectivity index (χ1) is 24.7. The number of hydrogen-bond donors (Lipinski definition) is 4. The smallest absolute Gasteiger partial charge is 0.258 e. The Hall–Kier alpha value is -5.64. The lowest BCUT2D eigenvalue weighted by Crippen LogP contribution is -2.48. The van der Waals surface area contributed by atoms with Crippen molar-refractivity contribution in [1.82, 2.24) is 10.6 Å². The first kappa shape index (κ1) is 36.6. The summed E-state index contributed by atoms with van der Waals surface area (Å²) >= 11 is 0. The predicted molar refractivity (Wildman–Crippen MR) is 202 cm³/mol. The molecule has 5 aromatic carbocycles. The molecule has 0 spiro atoms. The van der Waals surface area contributed by atoms with Gasteiger partial charge < -0.3 is 31.6 Å². The van der Waals surface area contributed by atoms with Gasteiger partial charge in [-0.25, -0.2) is 4.39 Å². The topological polar surface area (TPSA) is 141 Å². The summed E-state index contributed by atoms with van der Waals surface area (Å²) in [4.78, 5) is 30.7. The molecule has 0 fully saturated rings. The fourth-order valence-corrected chi connectivity index (χ4v) is 5.92. The van der Waals surface area contributed by atoms with Crippen LogP contribution in [0.2, 0.25) is 0 Å². The van der Waals surface area contributed by atoms with Gasteiger partial charge in [-0.15, -0.1) is 0 Å². The van der Waals surface area contributed by atoms with E-state index < -0.39 is 11.9 Å². The van der Waals surface area contributed by atoms with Gasteiger partial charge in [0.2, 0.25) is 5.91 Å². The predicted octanol–water partition coefficient (Wildman–Crippen LogP) is 6.50. The Labute approximate surface area is 298 Å². The number of guanidine groups is 1. The second kappa shape index (κ2) is 17.8. The molecule has 0 bridgehead atoms. The largest absolute Gasteiger partial charge is 0.493 e. The lowest BCUT2D eigenvalue weighted by Gasteiger charge is -2.21. The molecule has 6 N–H and O–H groups in total. The van der Waals surface area contributed by atoms with Crippen molar-refractivity contribution >= 4 is 39.3 Å². The summed E-state index contributed by atoms with van der Waals surface area (Å²) in [6.45, 7) is 5.18. The van der Waals surface area contributed by atoms with Gasteiger partial charge in [0.05, 0.1) is 6.61 Å². The molecule has 51 heavy (non-hydrogen) atoms. The normalized spacial score (nSPS) is 11.7. The Bertz CT molecular complexity index is 1980. The van der Waals surface area contributed by atoms with E-state index in [1.165, 1.54) is 12.1 Å². The molecule has 1 atom stereocenters. The highest BCUT2D eigenvalue weighted by Gasteiger charge is 2.23. The molecule has 0 radical (unpaired) electrons. The molecule has 0 saturated heterocycles. The summed E-state index contributed by atoms with van der Waals surface area (Å²) in [7, 11) is 0. The molecule has 0 aliphatic rings. The molecular formula is C41H46FN5O4. The summed E-state index contributed by atoms with van der Waals surface area (Å²) in [5.74, 6) is 0.563. The number of nitrogens with zero attached hydrogens (tertiary/aromatic N) is 1. The Morgan fingerprint density at radius 1 is 0.784 bits per heavy atom. The van der Waals surface area contributed by atoms with Crippen LogP contribution in [0.4, 0.5) is 4.39 Å². The van der Waals surface area contributed by atoms with Gasteiger partial charge in [-0.3, -0.25) is 14.6 Å². The minimum absolute atomic E-state index is 0.0430. The fraction of sp³-hybridized carbons (Fsp3) is 0.293. The number of fused-ring (bicyclic) bond motifs is 2. The van der Waals surface area contributed by atoms with Crippen LogP contribution in [-0.4, -0.2) is 50.1 Å². The molecule has 9 nitrogen and oxygen atoms in total. The maximum absolute atomic E-state index is 13.5. The van der Waals surface area contributed by atoms with Crippen LogP contribution in [0.3, 0.4) is 0 Å². The van der Waals surface area contributed by atoms with Crippen molar-refractivity contribution in [3.05, 3.63) is 108 Å². The SMILES string of the molecule is CC(C)CCOc1ccc2ccccc2c1-c1c(OCC(=O)N[C@H](CCCN=C(N)N)C(=O)NCCc2ccc(F)cc2)ccc2ccccc12. The van der Waals surface area contributed by atoms with Crippen LogP contribution in [0.5, 0.6) is 11.5 Å². The third-order valence-corrected chi connectivity index (χ3v) is 8.57. The highest BCUT2D eigenvalue weighted by atomic mass is 19.1. The second-order valence-corrected chi connectivity index (χ2v) is 12.9. The second-order valence-electron chi connectivity index (χ2n) is 12.9. The molecule has 0 aromatic heterocycles. The molecule has 0 heterocycles. The third-order valence-electron chi connectivity index (χ3n) is 8.57. The number of hydrogen-bond acceptors (Lipinski definition) is 5. The third kappa shape index (κ3) is 10.2. The van der Waals surface area contributed by atoms with Gasteiger partial charge in [0.25, 0.3) is 5.91 Å². The number of halogens is 1. The number of amides is 2. The number of nitrogens with two attached hydrogens (primary N) is 2. The first-order valence-corrected chi connectivity index (χ1v) is 17.4. The zero-order valence-corrected chi connectivity index (χ0v) is 29.2. The van der Waals surface area contributed by atoms with E-state index in [-0.39, 0.29) is 24.3 Å². The van der Waals surface area contributed by atoms with E-state index in [0.29, 0.717) is 50.6 Å². The summed E-state index contributed by atoms with van der Waals surface area (Å²) in [6.07, 6.45) is 2.17. The van der Waals surface area contributed by atoms with Crippen molar-refractivity contribution in [1.29, 1.82) is 0 Å². The standard InChI is InChI=1S/C41H46FN5O4/c1-27(2)22-25-50-35-19-15-29-8-3-5-10-32(29)38(35)39-33-11-6-4-9-30(33)16-20-36(39)51-26-37(48)47-34(12-7-23-46-41(43)44)40(49)45-24-21-28-13-17-31(42)18-14-28/h3-6,8-11,13-20,27,34H,7,12,21-26H2,1-2H3,(H,45,49)(H,47,48)(H4,43,44,46)/t34-/m1/s1. The van der Waals surface area contributed by atoms with E-state index in [1.807, 2.05) is 54.6 Å². The van der Waals surface area contributed by atoms with Gasteiger partial charge in [-0.05, 0) is 83.0 Å². The van der Waals surface area contributed by atoms with Crippen molar-refractivity contribution in [3.8, 4) is 22.6 Å². The number of benzene rings is 5. The minimum atomic E-state index is -0.849. The monoisotopic (exact) mass is 691 g/mol. The molecule has 10 heteroatoms. The van der Waals surface area contributed by atoms with Gasteiger partial charge in [0.15, 0.2) is 12.6 Å². The number of carbonyl (C=O) groups is 2. The molecular weight excluding hydrogens is 645 g/mol. The van der Waals surface area contributed by atoms with Crippen LogP contribution in [0, 0.1) is 11.7 Å². The van der Waals surface area contributed by atoms with Crippen molar-refractivity contribution in [2.75, 3.05) is 26.3 Å². The lowest BCUT2D eigenvalue weighted by atomic mass is 9.92. The van der Waals surface area contributed by atoms with E-state index in [0.717, 1.165) is 50.4 Å².